The Labute approximate surface area is 165 Å². The van der Waals surface area contributed by atoms with Gasteiger partial charge in [-0.3, -0.25) is 9.69 Å². The number of hydrogen-bond donors (Lipinski definition) is 1. The Morgan fingerprint density at radius 1 is 1.18 bits per heavy atom. The molecule has 1 N–H and O–H groups in total. The molecule has 6 heteroatoms. The van der Waals surface area contributed by atoms with E-state index >= 15 is 0 Å². The van der Waals surface area contributed by atoms with Crippen molar-refractivity contribution >= 4 is 5.91 Å². The van der Waals surface area contributed by atoms with E-state index in [1.54, 1.807) is 16.9 Å². The van der Waals surface area contributed by atoms with Crippen LogP contribution in [0.25, 0.3) is 5.69 Å². The number of aromatic nitrogens is 2. The Hall–Kier alpha value is -2.86. The van der Waals surface area contributed by atoms with Crippen LogP contribution in [0.5, 0.6) is 0 Å². The number of nitrogens with zero attached hydrogens (tertiary/aromatic N) is 3. The molecule has 1 aromatic carbocycles. The fourth-order valence-electron chi connectivity index (χ4n) is 3.68. The van der Waals surface area contributed by atoms with Crippen LogP contribution in [0.3, 0.4) is 0 Å². The van der Waals surface area contributed by atoms with Gasteiger partial charge in [-0.05, 0) is 68.8 Å². The fourth-order valence-corrected chi connectivity index (χ4v) is 3.68. The van der Waals surface area contributed by atoms with Crippen molar-refractivity contribution in [1.29, 1.82) is 0 Å². The first-order valence-corrected chi connectivity index (χ1v) is 9.91. The molecule has 0 spiro atoms. The van der Waals surface area contributed by atoms with Gasteiger partial charge in [0.2, 0.25) is 0 Å². The standard InChI is InChI=1S/C22H26N4O2/c1-17(25-12-3-2-4-13-25)20-9-10-21(28-20)22(27)23-16-18-7-5-8-19(15-18)26-14-6-11-24-26/h5-11,14-15,17H,2-4,12-13,16H2,1H3,(H,23,27)/t17-/m1/s1. The Morgan fingerprint density at radius 2 is 2.04 bits per heavy atom. The molecular formula is C22H26N4O2. The number of amides is 1. The van der Waals surface area contributed by atoms with Gasteiger partial charge in [-0.25, -0.2) is 4.68 Å². The number of likely N-dealkylation sites (tertiary alicyclic amines) is 1. The molecule has 4 rings (SSSR count). The minimum absolute atomic E-state index is 0.193. The molecule has 0 radical (unpaired) electrons. The Morgan fingerprint density at radius 3 is 2.82 bits per heavy atom. The molecule has 3 heterocycles. The van der Waals surface area contributed by atoms with Crippen LogP contribution in [0.15, 0.2) is 59.3 Å². The normalized spacial score (nSPS) is 16.0. The zero-order chi connectivity index (χ0) is 19.3. The second-order valence-corrected chi connectivity index (χ2v) is 7.28. The van der Waals surface area contributed by atoms with Crippen LogP contribution >= 0.6 is 0 Å². The van der Waals surface area contributed by atoms with Crippen LogP contribution in [-0.2, 0) is 6.54 Å². The highest BCUT2D eigenvalue weighted by molar-refractivity contribution is 5.91. The smallest absolute Gasteiger partial charge is 0.287 e. The van der Waals surface area contributed by atoms with Gasteiger partial charge in [0.15, 0.2) is 5.76 Å². The summed E-state index contributed by atoms with van der Waals surface area (Å²) in [7, 11) is 0. The highest BCUT2D eigenvalue weighted by atomic mass is 16.4. The minimum Gasteiger partial charge on any atom is -0.454 e. The van der Waals surface area contributed by atoms with Crippen molar-refractivity contribution in [3.8, 4) is 5.69 Å². The number of hydrogen-bond acceptors (Lipinski definition) is 4. The van der Waals surface area contributed by atoms with Crippen LogP contribution in [0.4, 0.5) is 0 Å². The van der Waals surface area contributed by atoms with Gasteiger partial charge < -0.3 is 9.73 Å². The summed E-state index contributed by atoms with van der Waals surface area (Å²) < 4.78 is 7.66. The highest BCUT2D eigenvalue weighted by Crippen LogP contribution is 2.25. The lowest BCUT2D eigenvalue weighted by Crippen LogP contribution is -2.32. The molecule has 1 saturated heterocycles. The number of furan rings is 1. The first-order chi connectivity index (χ1) is 13.7. The van der Waals surface area contributed by atoms with E-state index < -0.39 is 0 Å². The summed E-state index contributed by atoms with van der Waals surface area (Å²) in [5.41, 5.74) is 1.97. The molecule has 1 aliphatic heterocycles. The van der Waals surface area contributed by atoms with Crippen LogP contribution in [0.2, 0.25) is 0 Å². The third-order valence-corrected chi connectivity index (χ3v) is 5.33. The second kappa shape index (κ2) is 8.44. The molecule has 0 saturated carbocycles. The molecule has 1 aliphatic rings. The maximum absolute atomic E-state index is 12.5. The summed E-state index contributed by atoms with van der Waals surface area (Å²) in [4.78, 5) is 14.9. The van der Waals surface area contributed by atoms with Crippen molar-refractivity contribution < 1.29 is 9.21 Å². The predicted molar refractivity (Wildman–Crippen MR) is 107 cm³/mol. The van der Waals surface area contributed by atoms with Gasteiger partial charge in [0.25, 0.3) is 5.91 Å². The molecule has 1 atom stereocenters. The zero-order valence-corrected chi connectivity index (χ0v) is 16.2. The number of rotatable bonds is 6. The Balaban J connectivity index is 1.37. The Bertz CT molecular complexity index is 910. The molecule has 146 valence electrons. The lowest BCUT2D eigenvalue weighted by molar-refractivity contribution is 0.0914. The lowest BCUT2D eigenvalue weighted by Gasteiger charge is -2.31. The summed E-state index contributed by atoms with van der Waals surface area (Å²) >= 11 is 0. The largest absolute Gasteiger partial charge is 0.454 e. The highest BCUT2D eigenvalue weighted by Gasteiger charge is 2.22. The van der Waals surface area contributed by atoms with Gasteiger partial charge in [0.05, 0.1) is 11.7 Å². The topological polar surface area (TPSA) is 63.3 Å². The summed E-state index contributed by atoms with van der Waals surface area (Å²) in [6, 6.07) is 13.7. The summed E-state index contributed by atoms with van der Waals surface area (Å²) in [5.74, 6) is 1.02. The molecule has 6 nitrogen and oxygen atoms in total. The molecule has 3 aromatic rings. The number of carbonyl (C=O) groups excluding carboxylic acids is 1. The third-order valence-electron chi connectivity index (χ3n) is 5.33. The first-order valence-electron chi connectivity index (χ1n) is 9.91. The van der Waals surface area contributed by atoms with E-state index in [0.717, 1.165) is 30.1 Å². The monoisotopic (exact) mass is 378 g/mol. The molecule has 2 aromatic heterocycles. The van der Waals surface area contributed by atoms with E-state index in [4.69, 9.17) is 4.42 Å². The molecule has 0 aliphatic carbocycles. The minimum atomic E-state index is -0.193. The summed E-state index contributed by atoms with van der Waals surface area (Å²) in [5, 5.41) is 7.18. The molecule has 0 unspecified atom stereocenters. The third kappa shape index (κ3) is 4.17. The SMILES string of the molecule is C[C@H](c1ccc(C(=O)NCc2cccc(-n3cccn3)c2)o1)N1CCCCC1. The van der Waals surface area contributed by atoms with Crippen molar-refractivity contribution in [2.75, 3.05) is 13.1 Å². The van der Waals surface area contributed by atoms with E-state index in [9.17, 15) is 4.79 Å². The van der Waals surface area contributed by atoms with Gasteiger partial charge in [-0.15, -0.1) is 0 Å². The molecule has 1 fully saturated rings. The number of benzene rings is 1. The lowest BCUT2D eigenvalue weighted by atomic mass is 10.1. The number of nitrogens with one attached hydrogen (secondary N) is 1. The van der Waals surface area contributed by atoms with Gasteiger partial charge >= 0.3 is 0 Å². The first kappa shape index (κ1) is 18.5. The number of carbonyl (C=O) groups is 1. The summed E-state index contributed by atoms with van der Waals surface area (Å²) in [6.07, 6.45) is 7.40. The maximum Gasteiger partial charge on any atom is 0.287 e. The Kier molecular flexibility index (Phi) is 5.58. The van der Waals surface area contributed by atoms with E-state index in [0.29, 0.717) is 12.3 Å². The van der Waals surface area contributed by atoms with Crippen molar-refractivity contribution in [3.63, 3.8) is 0 Å². The van der Waals surface area contributed by atoms with E-state index in [1.165, 1.54) is 19.3 Å². The quantitative estimate of drug-likeness (QED) is 0.706. The van der Waals surface area contributed by atoms with Crippen molar-refractivity contribution in [2.24, 2.45) is 0 Å². The van der Waals surface area contributed by atoms with Crippen LogP contribution < -0.4 is 5.32 Å². The van der Waals surface area contributed by atoms with Crippen LogP contribution in [0.1, 0.15) is 54.1 Å². The fraction of sp³-hybridized carbons (Fsp3) is 0.364. The average molecular weight is 378 g/mol. The van der Waals surface area contributed by atoms with Crippen LogP contribution in [0, 0.1) is 0 Å². The zero-order valence-electron chi connectivity index (χ0n) is 16.2. The molecule has 28 heavy (non-hydrogen) atoms. The summed E-state index contributed by atoms with van der Waals surface area (Å²) in [6.45, 7) is 4.77. The predicted octanol–water partition coefficient (Wildman–Crippen LogP) is 3.94. The van der Waals surface area contributed by atoms with E-state index in [-0.39, 0.29) is 11.9 Å². The average Bonchev–Trinajstić information content (AvgIpc) is 3.45. The van der Waals surface area contributed by atoms with Crippen molar-refractivity contribution in [3.05, 3.63) is 71.9 Å². The second-order valence-electron chi connectivity index (χ2n) is 7.28. The van der Waals surface area contributed by atoms with E-state index in [1.807, 2.05) is 42.6 Å². The van der Waals surface area contributed by atoms with Gasteiger partial charge in [-0.2, -0.15) is 5.10 Å². The van der Waals surface area contributed by atoms with Crippen molar-refractivity contribution in [2.45, 2.75) is 38.8 Å². The van der Waals surface area contributed by atoms with Gasteiger partial charge in [0.1, 0.15) is 5.76 Å². The molecule has 0 bridgehead atoms. The maximum atomic E-state index is 12.5. The van der Waals surface area contributed by atoms with Gasteiger partial charge in [-0.1, -0.05) is 18.6 Å². The molecular weight excluding hydrogens is 352 g/mol. The number of piperidine rings is 1. The van der Waals surface area contributed by atoms with Crippen molar-refractivity contribution in [1.82, 2.24) is 20.0 Å². The van der Waals surface area contributed by atoms with Gasteiger partial charge in [0, 0.05) is 18.9 Å². The van der Waals surface area contributed by atoms with E-state index in [2.05, 4.69) is 22.2 Å². The van der Waals surface area contributed by atoms with Crippen LogP contribution in [-0.4, -0.2) is 33.7 Å². The molecule has 1 amide bonds.